The van der Waals surface area contributed by atoms with E-state index in [1.807, 2.05) is 38.2 Å². The molecular formula is C26H26FN7O2. The highest BCUT2D eigenvalue weighted by molar-refractivity contribution is 5.64. The smallest absolute Gasteiger partial charge is 0.404 e. The van der Waals surface area contributed by atoms with Crippen LogP contribution in [0, 0.1) is 5.82 Å². The van der Waals surface area contributed by atoms with Crippen molar-refractivity contribution in [3.63, 3.8) is 0 Å². The van der Waals surface area contributed by atoms with Crippen molar-refractivity contribution in [2.45, 2.75) is 25.9 Å². The van der Waals surface area contributed by atoms with E-state index in [0.29, 0.717) is 35.4 Å². The number of aromatic nitrogens is 4. The molecule has 0 bridgehead atoms. The van der Waals surface area contributed by atoms with Crippen molar-refractivity contribution < 1.29 is 14.3 Å². The van der Waals surface area contributed by atoms with E-state index in [2.05, 4.69) is 30.6 Å². The minimum Gasteiger partial charge on any atom is -0.465 e. The lowest BCUT2D eigenvalue weighted by molar-refractivity contribution is 0.194. The molecule has 0 radical (unpaired) electrons. The first kappa shape index (κ1) is 24.5. The Labute approximate surface area is 208 Å². The first-order valence-corrected chi connectivity index (χ1v) is 11.3. The van der Waals surface area contributed by atoms with Crippen LogP contribution >= 0.6 is 0 Å². The average Bonchev–Trinajstić information content (AvgIpc) is 2.87. The van der Waals surface area contributed by atoms with E-state index in [1.54, 1.807) is 47.6 Å². The number of hydrogen-bond acceptors (Lipinski definition) is 7. The zero-order valence-corrected chi connectivity index (χ0v) is 19.9. The molecule has 1 atom stereocenters. The van der Waals surface area contributed by atoms with Gasteiger partial charge in [0.05, 0.1) is 5.56 Å². The maximum atomic E-state index is 14.2. The molecule has 0 saturated carbocycles. The van der Waals surface area contributed by atoms with Gasteiger partial charge in [-0.25, -0.2) is 24.1 Å². The van der Waals surface area contributed by atoms with Gasteiger partial charge in [-0.2, -0.15) is 4.98 Å². The van der Waals surface area contributed by atoms with Gasteiger partial charge in [-0.15, -0.1) is 0 Å². The van der Waals surface area contributed by atoms with Crippen molar-refractivity contribution in [1.82, 2.24) is 25.3 Å². The number of carbonyl (C=O) groups is 1. The number of nitrogens with one attached hydrogen (secondary N) is 2. The molecule has 0 aliphatic rings. The quantitative estimate of drug-likeness (QED) is 0.312. The summed E-state index contributed by atoms with van der Waals surface area (Å²) in [5.41, 5.74) is 2.28. The number of rotatable bonds is 9. The molecule has 1 unspecified atom stereocenters. The van der Waals surface area contributed by atoms with E-state index < -0.39 is 6.09 Å². The summed E-state index contributed by atoms with van der Waals surface area (Å²) in [6.45, 7) is 2.27. The summed E-state index contributed by atoms with van der Waals surface area (Å²) in [7, 11) is 1.82. The lowest BCUT2D eigenvalue weighted by atomic mass is 10.0. The molecule has 4 aromatic rings. The van der Waals surface area contributed by atoms with Gasteiger partial charge in [0, 0.05) is 32.0 Å². The molecule has 9 nitrogen and oxygen atoms in total. The molecule has 10 heteroatoms. The van der Waals surface area contributed by atoms with Crippen molar-refractivity contribution in [3.05, 3.63) is 90.0 Å². The van der Waals surface area contributed by atoms with Crippen LogP contribution in [-0.4, -0.2) is 44.2 Å². The number of benzene rings is 2. The SMILES string of the molecule is CC(Cc1cccc(CNC(=O)O)c1)Nc1nccc(N(C)c2ccnc(-c3ccccc3F)n2)n1. The van der Waals surface area contributed by atoms with Gasteiger partial charge in [0.1, 0.15) is 17.5 Å². The van der Waals surface area contributed by atoms with E-state index in [1.165, 1.54) is 6.07 Å². The first-order valence-electron chi connectivity index (χ1n) is 11.3. The number of anilines is 3. The Balaban J connectivity index is 1.44. The van der Waals surface area contributed by atoms with Crippen LogP contribution in [0.15, 0.2) is 73.1 Å². The van der Waals surface area contributed by atoms with E-state index >= 15 is 0 Å². The van der Waals surface area contributed by atoms with Gasteiger partial charge in [0.2, 0.25) is 5.95 Å². The van der Waals surface area contributed by atoms with Crippen molar-refractivity contribution in [1.29, 1.82) is 0 Å². The number of carboxylic acid groups (broad SMARTS) is 1. The minimum atomic E-state index is -1.05. The lowest BCUT2D eigenvalue weighted by Crippen LogP contribution is -2.22. The van der Waals surface area contributed by atoms with Crippen molar-refractivity contribution >= 4 is 23.7 Å². The van der Waals surface area contributed by atoms with Crippen LogP contribution in [0.5, 0.6) is 0 Å². The third-order valence-electron chi connectivity index (χ3n) is 5.44. The predicted molar refractivity (Wildman–Crippen MR) is 136 cm³/mol. The molecule has 2 aromatic heterocycles. The van der Waals surface area contributed by atoms with Crippen molar-refractivity contribution in [2.75, 3.05) is 17.3 Å². The molecular weight excluding hydrogens is 461 g/mol. The summed E-state index contributed by atoms with van der Waals surface area (Å²) in [5.74, 6) is 1.54. The fourth-order valence-electron chi connectivity index (χ4n) is 3.70. The van der Waals surface area contributed by atoms with Gasteiger partial charge >= 0.3 is 6.09 Å². The normalized spacial score (nSPS) is 11.5. The highest BCUT2D eigenvalue weighted by Gasteiger charge is 2.13. The second-order valence-corrected chi connectivity index (χ2v) is 8.24. The monoisotopic (exact) mass is 487 g/mol. The Kier molecular flexibility index (Phi) is 7.64. The van der Waals surface area contributed by atoms with E-state index in [4.69, 9.17) is 5.11 Å². The van der Waals surface area contributed by atoms with Crippen LogP contribution < -0.4 is 15.5 Å². The largest absolute Gasteiger partial charge is 0.465 e. The molecule has 184 valence electrons. The molecule has 0 spiro atoms. The van der Waals surface area contributed by atoms with Gasteiger partial charge in [0.15, 0.2) is 5.82 Å². The number of hydrogen-bond donors (Lipinski definition) is 3. The predicted octanol–water partition coefficient (Wildman–Crippen LogP) is 4.65. The van der Waals surface area contributed by atoms with Crippen LogP contribution in [0.3, 0.4) is 0 Å². The first-order chi connectivity index (χ1) is 17.4. The Bertz CT molecular complexity index is 1350. The number of nitrogens with zero attached hydrogens (tertiary/aromatic N) is 5. The summed E-state index contributed by atoms with van der Waals surface area (Å²) in [5, 5.41) is 14.5. The molecule has 0 fully saturated rings. The summed E-state index contributed by atoms with van der Waals surface area (Å²) in [4.78, 5) is 30.2. The van der Waals surface area contributed by atoms with E-state index in [9.17, 15) is 9.18 Å². The standard InChI is InChI=1S/C26H26FN7O2/c1-17(14-18-6-5-7-19(15-18)16-30-26(35)36)31-25-29-13-11-23(33-25)34(2)22-10-12-28-24(32-22)20-8-3-4-9-21(20)27/h3-13,15,17,30H,14,16H2,1-2H3,(H,35,36)(H,29,31,33). The second kappa shape index (κ2) is 11.2. The highest BCUT2D eigenvalue weighted by atomic mass is 19.1. The van der Waals surface area contributed by atoms with Crippen LogP contribution in [0.25, 0.3) is 11.4 Å². The van der Waals surface area contributed by atoms with Crippen LogP contribution in [0.2, 0.25) is 0 Å². The summed E-state index contributed by atoms with van der Waals surface area (Å²) >= 11 is 0. The topological polar surface area (TPSA) is 116 Å². The Morgan fingerprint density at radius 3 is 2.50 bits per heavy atom. The molecule has 2 aromatic carbocycles. The zero-order valence-electron chi connectivity index (χ0n) is 19.9. The Morgan fingerprint density at radius 2 is 1.72 bits per heavy atom. The molecule has 0 aliphatic carbocycles. The van der Waals surface area contributed by atoms with Gasteiger partial charge < -0.3 is 20.6 Å². The molecule has 2 heterocycles. The van der Waals surface area contributed by atoms with Crippen molar-refractivity contribution in [3.8, 4) is 11.4 Å². The third kappa shape index (κ3) is 6.29. The Hall–Kier alpha value is -4.60. The van der Waals surface area contributed by atoms with Gasteiger partial charge in [0.25, 0.3) is 0 Å². The highest BCUT2D eigenvalue weighted by Crippen LogP contribution is 2.24. The van der Waals surface area contributed by atoms with Crippen LogP contribution in [-0.2, 0) is 13.0 Å². The second-order valence-electron chi connectivity index (χ2n) is 8.24. The van der Waals surface area contributed by atoms with E-state index in [-0.39, 0.29) is 18.4 Å². The van der Waals surface area contributed by atoms with Gasteiger partial charge in [-0.3, -0.25) is 0 Å². The van der Waals surface area contributed by atoms with Gasteiger partial charge in [-0.1, -0.05) is 36.4 Å². The average molecular weight is 488 g/mol. The van der Waals surface area contributed by atoms with Crippen molar-refractivity contribution in [2.24, 2.45) is 0 Å². The minimum absolute atomic E-state index is 0.0138. The van der Waals surface area contributed by atoms with Gasteiger partial charge in [-0.05, 0) is 48.7 Å². The molecule has 3 N–H and O–H groups in total. The lowest BCUT2D eigenvalue weighted by Gasteiger charge is -2.19. The van der Waals surface area contributed by atoms with E-state index in [0.717, 1.165) is 11.1 Å². The molecule has 36 heavy (non-hydrogen) atoms. The molecule has 4 rings (SSSR count). The summed E-state index contributed by atoms with van der Waals surface area (Å²) in [6, 6.07) is 17.6. The Morgan fingerprint density at radius 1 is 1.00 bits per heavy atom. The molecule has 0 aliphatic heterocycles. The summed E-state index contributed by atoms with van der Waals surface area (Å²) in [6.07, 6.45) is 2.89. The summed E-state index contributed by atoms with van der Waals surface area (Å²) < 4.78 is 14.2. The number of halogens is 1. The molecule has 0 saturated heterocycles. The van der Waals surface area contributed by atoms with Crippen LogP contribution in [0.1, 0.15) is 18.1 Å². The maximum Gasteiger partial charge on any atom is 0.404 e. The zero-order chi connectivity index (χ0) is 25.5. The fourth-order valence-corrected chi connectivity index (χ4v) is 3.70. The third-order valence-corrected chi connectivity index (χ3v) is 5.44. The van der Waals surface area contributed by atoms with Crippen LogP contribution in [0.4, 0.5) is 26.8 Å². The maximum absolute atomic E-state index is 14.2. The fraction of sp³-hybridized carbons (Fsp3) is 0.192. The molecule has 1 amide bonds. The number of amides is 1.